The Morgan fingerprint density at radius 3 is 2.88 bits per heavy atom. The van der Waals surface area contributed by atoms with Crippen molar-refractivity contribution in [1.29, 1.82) is 0 Å². The van der Waals surface area contributed by atoms with Crippen molar-refractivity contribution in [2.24, 2.45) is 5.92 Å². The quantitative estimate of drug-likeness (QED) is 0.933. The summed E-state index contributed by atoms with van der Waals surface area (Å²) in [6.07, 6.45) is 6.76. The predicted octanol–water partition coefficient (Wildman–Crippen LogP) is 2.54. The second-order valence-electron chi connectivity index (χ2n) is 7.41. The van der Waals surface area contributed by atoms with Crippen molar-refractivity contribution in [3.8, 4) is 5.69 Å². The molecule has 1 amide bonds. The van der Waals surface area contributed by atoms with Crippen molar-refractivity contribution in [2.45, 2.75) is 57.3 Å². The van der Waals surface area contributed by atoms with Gasteiger partial charge in [-0.05, 0) is 56.2 Å². The molecule has 5 rings (SSSR count). The number of hydrogen-bond donors (Lipinski definition) is 1. The summed E-state index contributed by atoms with van der Waals surface area (Å²) in [5, 5.41) is 7.94. The average molecular weight is 337 g/mol. The number of amides is 1. The van der Waals surface area contributed by atoms with Crippen LogP contribution in [0.4, 0.5) is 0 Å². The zero-order valence-corrected chi connectivity index (χ0v) is 14.3. The number of fused-ring (bicyclic) bond motifs is 3. The first-order valence-corrected chi connectivity index (χ1v) is 9.38. The number of rotatable bonds is 4. The minimum Gasteiger partial charge on any atom is -0.374 e. The summed E-state index contributed by atoms with van der Waals surface area (Å²) in [7, 11) is 0. The zero-order valence-electron chi connectivity index (χ0n) is 14.3. The molecule has 2 aromatic rings. The lowest BCUT2D eigenvalue weighted by Crippen LogP contribution is -2.35. The monoisotopic (exact) mass is 337 g/mol. The van der Waals surface area contributed by atoms with Gasteiger partial charge in [-0.3, -0.25) is 4.79 Å². The van der Waals surface area contributed by atoms with Gasteiger partial charge in [-0.15, -0.1) is 0 Å². The molecule has 130 valence electrons. The highest BCUT2D eigenvalue weighted by Gasteiger charge is 2.44. The summed E-state index contributed by atoms with van der Waals surface area (Å²) in [5.74, 6) is 0.163. The van der Waals surface area contributed by atoms with E-state index in [2.05, 4.69) is 22.1 Å². The number of para-hydroxylation sites is 1. The maximum absolute atomic E-state index is 12.6. The van der Waals surface area contributed by atoms with Gasteiger partial charge < -0.3 is 10.1 Å². The molecule has 0 saturated carbocycles. The van der Waals surface area contributed by atoms with E-state index in [1.54, 1.807) is 0 Å². The molecule has 3 unspecified atom stereocenters. The van der Waals surface area contributed by atoms with Crippen molar-refractivity contribution in [3.05, 3.63) is 47.3 Å². The van der Waals surface area contributed by atoms with Crippen molar-refractivity contribution in [3.63, 3.8) is 0 Å². The first-order valence-electron chi connectivity index (χ1n) is 9.38. The van der Waals surface area contributed by atoms with E-state index in [-0.39, 0.29) is 17.9 Å². The molecule has 5 heteroatoms. The Balaban J connectivity index is 1.34. The number of aromatic nitrogens is 2. The first kappa shape index (κ1) is 15.1. The normalized spacial score (nSPS) is 26.8. The van der Waals surface area contributed by atoms with E-state index < -0.39 is 0 Å². The van der Waals surface area contributed by atoms with Gasteiger partial charge in [0.2, 0.25) is 5.91 Å². The van der Waals surface area contributed by atoms with Gasteiger partial charge in [0.1, 0.15) is 0 Å². The SMILES string of the molecule is O=C(NCc1nn(-c2ccccc2)c2c1CCC2)C1CC2CCC1O2. The summed E-state index contributed by atoms with van der Waals surface area (Å²) in [5.41, 5.74) is 4.75. The second kappa shape index (κ2) is 5.99. The maximum atomic E-state index is 12.6. The van der Waals surface area contributed by atoms with Crippen molar-refractivity contribution >= 4 is 5.91 Å². The summed E-state index contributed by atoms with van der Waals surface area (Å²) in [6.45, 7) is 0.523. The Morgan fingerprint density at radius 1 is 1.24 bits per heavy atom. The van der Waals surface area contributed by atoms with Crippen LogP contribution in [0.5, 0.6) is 0 Å². The molecule has 3 aliphatic rings. The molecule has 0 spiro atoms. The maximum Gasteiger partial charge on any atom is 0.226 e. The molecular weight excluding hydrogens is 314 g/mol. The van der Waals surface area contributed by atoms with Crippen LogP contribution in [0.25, 0.3) is 5.69 Å². The number of nitrogens with one attached hydrogen (secondary N) is 1. The molecule has 1 aliphatic carbocycles. The molecular formula is C20H23N3O2. The van der Waals surface area contributed by atoms with Crippen LogP contribution in [0, 0.1) is 5.92 Å². The topological polar surface area (TPSA) is 56.2 Å². The Labute approximate surface area is 147 Å². The van der Waals surface area contributed by atoms with Crippen LogP contribution in [0.3, 0.4) is 0 Å². The molecule has 0 radical (unpaired) electrons. The highest BCUT2D eigenvalue weighted by molar-refractivity contribution is 5.79. The largest absolute Gasteiger partial charge is 0.374 e. The van der Waals surface area contributed by atoms with E-state index in [0.717, 1.165) is 43.5 Å². The smallest absolute Gasteiger partial charge is 0.226 e. The number of ether oxygens (including phenoxy) is 1. The minimum absolute atomic E-state index is 0.0306. The molecule has 1 aromatic heterocycles. The van der Waals surface area contributed by atoms with Crippen LogP contribution in [-0.4, -0.2) is 27.9 Å². The van der Waals surface area contributed by atoms with E-state index in [1.807, 2.05) is 18.2 Å². The highest BCUT2D eigenvalue weighted by Crippen LogP contribution is 2.38. The van der Waals surface area contributed by atoms with Crippen LogP contribution in [0.1, 0.15) is 42.6 Å². The molecule has 2 saturated heterocycles. The van der Waals surface area contributed by atoms with Crippen molar-refractivity contribution in [1.82, 2.24) is 15.1 Å². The lowest BCUT2D eigenvalue weighted by Gasteiger charge is -2.17. The third-order valence-electron chi connectivity index (χ3n) is 5.89. The van der Waals surface area contributed by atoms with Gasteiger partial charge in [0.05, 0.1) is 36.1 Å². The number of nitrogens with zero attached hydrogens (tertiary/aromatic N) is 2. The molecule has 1 aromatic carbocycles. The third-order valence-corrected chi connectivity index (χ3v) is 5.89. The third kappa shape index (κ3) is 2.58. The van der Waals surface area contributed by atoms with Gasteiger partial charge >= 0.3 is 0 Å². The van der Waals surface area contributed by atoms with E-state index in [0.29, 0.717) is 12.6 Å². The van der Waals surface area contributed by atoms with Gasteiger partial charge in [-0.25, -0.2) is 4.68 Å². The van der Waals surface area contributed by atoms with Crippen LogP contribution in [0.15, 0.2) is 30.3 Å². The number of carbonyl (C=O) groups is 1. The predicted molar refractivity (Wildman–Crippen MR) is 93.4 cm³/mol. The Hall–Kier alpha value is -2.14. The van der Waals surface area contributed by atoms with Crippen LogP contribution >= 0.6 is 0 Å². The fraction of sp³-hybridized carbons (Fsp3) is 0.500. The van der Waals surface area contributed by atoms with Gasteiger partial charge in [-0.1, -0.05) is 18.2 Å². The summed E-state index contributed by atoms with van der Waals surface area (Å²) < 4.78 is 7.87. The van der Waals surface area contributed by atoms with Crippen LogP contribution < -0.4 is 5.32 Å². The lowest BCUT2D eigenvalue weighted by molar-refractivity contribution is -0.126. The highest BCUT2D eigenvalue weighted by atomic mass is 16.5. The molecule has 2 aliphatic heterocycles. The van der Waals surface area contributed by atoms with Gasteiger partial charge in [0.15, 0.2) is 0 Å². The van der Waals surface area contributed by atoms with E-state index >= 15 is 0 Å². The Kier molecular flexibility index (Phi) is 3.63. The minimum atomic E-state index is 0.0306. The first-order chi connectivity index (χ1) is 12.3. The van der Waals surface area contributed by atoms with E-state index in [9.17, 15) is 4.79 Å². The van der Waals surface area contributed by atoms with Gasteiger partial charge in [-0.2, -0.15) is 5.10 Å². The molecule has 25 heavy (non-hydrogen) atoms. The molecule has 3 atom stereocenters. The lowest BCUT2D eigenvalue weighted by atomic mass is 9.88. The zero-order chi connectivity index (χ0) is 16.8. The standard InChI is InChI=1S/C20H23N3O2/c24-20(16-11-14-9-10-19(16)25-14)21-12-17-15-7-4-8-18(15)23(22-17)13-5-2-1-3-6-13/h1-3,5-6,14,16,19H,4,7-12H2,(H,21,24). The molecule has 2 fully saturated rings. The van der Waals surface area contributed by atoms with E-state index in [1.165, 1.54) is 17.7 Å². The Morgan fingerprint density at radius 2 is 2.12 bits per heavy atom. The number of benzene rings is 1. The number of hydrogen-bond acceptors (Lipinski definition) is 3. The van der Waals surface area contributed by atoms with Gasteiger partial charge in [0.25, 0.3) is 0 Å². The molecule has 5 nitrogen and oxygen atoms in total. The molecule has 2 bridgehead atoms. The van der Waals surface area contributed by atoms with Crippen LogP contribution in [-0.2, 0) is 28.9 Å². The summed E-state index contributed by atoms with van der Waals surface area (Å²) >= 11 is 0. The van der Waals surface area contributed by atoms with Gasteiger partial charge in [0, 0.05) is 5.69 Å². The van der Waals surface area contributed by atoms with Crippen molar-refractivity contribution < 1.29 is 9.53 Å². The average Bonchev–Trinajstić information content (AvgIpc) is 3.41. The fourth-order valence-corrected chi connectivity index (χ4v) is 4.65. The Bertz CT molecular complexity index is 799. The molecule has 3 heterocycles. The van der Waals surface area contributed by atoms with Crippen molar-refractivity contribution in [2.75, 3.05) is 0 Å². The summed E-state index contributed by atoms with van der Waals surface area (Å²) in [4.78, 5) is 12.6. The summed E-state index contributed by atoms with van der Waals surface area (Å²) in [6, 6.07) is 10.3. The fourth-order valence-electron chi connectivity index (χ4n) is 4.65. The molecule has 1 N–H and O–H groups in total. The second-order valence-corrected chi connectivity index (χ2v) is 7.41. The van der Waals surface area contributed by atoms with E-state index in [4.69, 9.17) is 9.84 Å². The number of carbonyl (C=O) groups excluding carboxylic acids is 1. The van der Waals surface area contributed by atoms with Crippen LogP contribution in [0.2, 0.25) is 0 Å².